The molecule has 1 heterocycles. The van der Waals surface area contributed by atoms with Gasteiger partial charge in [-0.05, 0) is 26.0 Å². The van der Waals surface area contributed by atoms with Gasteiger partial charge in [0.1, 0.15) is 11.9 Å². The summed E-state index contributed by atoms with van der Waals surface area (Å²) in [5, 5.41) is 3.79. The van der Waals surface area contributed by atoms with E-state index in [0.717, 1.165) is 11.7 Å². The minimum absolute atomic E-state index is 0.122. The molecule has 10 heteroatoms. The third kappa shape index (κ3) is 6.28. The molecule has 1 N–H and O–H groups in total. The van der Waals surface area contributed by atoms with Crippen LogP contribution in [0.3, 0.4) is 0 Å². The Morgan fingerprint density at radius 3 is 2.50 bits per heavy atom. The van der Waals surface area contributed by atoms with Crippen molar-refractivity contribution < 1.29 is 22.3 Å². The molecule has 7 nitrogen and oxygen atoms in total. The minimum atomic E-state index is -3.28. The molecule has 1 aromatic carbocycles. The van der Waals surface area contributed by atoms with E-state index in [0.29, 0.717) is 0 Å². The summed E-state index contributed by atoms with van der Waals surface area (Å²) >= 11 is 6.01. The number of halogens is 2. The van der Waals surface area contributed by atoms with Crippen molar-refractivity contribution >= 4 is 27.3 Å². The minimum Gasteiger partial charge on any atom is -0.483 e. The summed E-state index contributed by atoms with van der Waals surface area (Å²) in [6.45, 7) is 3.23. The SMILES string of the molecule is C[C@H](/C=C/S(C)(=O)=O)NC(=O)c1ncc(O[C@@H](C)c2c(F)cccc2Cl)cn1. The van der Waals surface area contributed by atoms with Crippen LogP contribution in [0.1, 0.15) is 36.1 Å². The molecule has 0 fully saturated rings. The maximum Gasteiger partial charge on any atom is 0.289 e. The molecule has 0 saturated heterocycles. The van der Waals surface area contributed by atoms with Gasteiger partial charge in [-0.3, -0.25) is 4.79 Å². The lowest BCUT2D eigenvalue weighted by Crippen LogP contribution is -2.32. The lowest BCUT2D eigenvalue weighted by molar-refractivity contribution is 0.0936. The van der Waals surface area contributed by atoms with Gasteiger partial charge in [0, 0.05) is 23.3 Å². The Kier molecular flexibility index (Phi) is 7.09. The van der Waals surface area contributed by atoms with E-state index in [1.807, 2.05) is 0 Å². The van der Waals surface area contributed by atoms with Crippen molar-refractivity contribution in [2.45, 2.75) is 26.0 Å². The second-order valence-electron chi connectivity index (χ2n) is 6.06. The molecule has 0 bridgehead atoms. The number of nitrogens with zero attached hydrogens (tertiary/aromatic N) is 2. The Bertz CT molecular complexity index is 961. The highest BCUT2D eigenvalue weighted by atomic mass is 35.5. The normalized spacial score (nSPS) is 13.9. The highest BCUT2D eigenvalue weighted by Gasteiger charge is 2.17. The molecule has 2 rings (SSSR count). The van der Waals surface area contributed by atoms with E-state index >= 15 is 0 Å². The number of hydrogen-bond donors (Lipinski definition) is 1. The second kappa shape index (κ2) is 9.11. The van der Waals surface area contributed by atoms with Gasteiger partial charge in [0.2, 0.25) is 5.82 Å². The molecule has 28 heavy (non-hydrogen) atoms. The van der Waals surface area contributed by atoms with Crippen molar-refractivity contribution in [2.24, 2.45) is 0 Å². The van der Waals surface area contributed by atoms with E-state index in [-0.39, 0.29) is 22.2 Å². The number of ether oxygens (including phenoxy) is 1. The fraction of sp³-hybridized carbons (Fsp3) is 0.278. The van der Waals surface area contributed by atoms with Gasteiger partial charge in [0.05, 0.1) is 17.4 Å². The summed E-state index contributed by atoms with van der Waals surface area (Å²) < 4.78 is 41.7. The van der Waals surface area contributed by atoms with E-state index < -0.39 is 33.7 Å². The predicted octanol–water partition coefficient (Wildman–Crippen LogP) is 3.09. The van der Waals surface area contributed by atoms with Crippen LogP contribution in [0.5, 0.6) is 5.75 Å². The highest BCUT2D eigenvalue weighted by molar-refractivity contribution is 7.93. The van der Waals surface area contributed by atoms with Gasteiger partial charge in [-0.1, -0.05) is 23.7 Å². The maximum atomic E-state index is 13.9. The number of amides is 1. The van der Waals surface area contributed by atoms with Crippen LogP contribution < -0.4 is 10.1 Å². The van der Waals surface area contributed by atoms with E-state index in [1.54, 1.807) is 19.9 Å². The number of rotatable bonds is 7. The molecule has 0 aliphatic carbocycles. The number of nitrogens with one attached hydrogen (secondary N) is 1. The van der Waals surface area contributed by atoms with Crippen molar-refractivity contribution in [1.29, 1.82) is 0 Å². The van der Waals surface area contributed by atoms with E-state index in [2.05, 4.69) is 15.3 Å². The molecular weight excluding hydrogens is 409 g/mol. The molecular formula is C18H19ClFN3O4S. The van der Waals surface area contributed by atoms with Crippen LogP contribution in [-0.2, 0) is 9.84 Å². The van der Waals surface area contributed by atoms with Crippen LogP contribution in [0.2, 0.25) is 5.02 Å². The van der Waals surface area contributed by atoms with Gasteiger partial charge in [0.15, 0.2) is 15.6 Å². The first-order chi connectivity index (χ1) is 13.1. The zero-order chi connectivity index (χ0) is 20.9. The molecule has 0 radical (unpaired) electrons. The highest BCUT2D eigenvalue weighted by Crippen LogP contribution is 2.29. The van der Waals surface area contributed by atoms with Gasteiger partial charge < -0.3 is 10.1 Å². The molecule has 0 unspecified atom stereocenters. The Morgan fingerprint density at radius 1 is 1.29 bits per heavy atom. The second-order valence-corrected chi connectivity index (χ2v) is 8.40. The van der Waals surface area contributed by atoms with Crippen LogP contribution in [0.25, 0.3) is 0 Å². The maximum absolute atomic E-state index is 13.9. The van der Waals surface area contributed by atoms with E-state index in [1.165, 1.54) is 30.6 Å². The summed E-state index contributed by atoms with van der Waals surface area (Å²) in [7, 11) is -3.28. The first-order valence-electron chi connectivity index (χ1n) is 8.18. The van der Waals surface area contributed by atoms with Crippen molar-refractivity contribution in [3.63, 3.8) is 0 Å². The quantitative estimate of drug-likeness (QED) is 0.729. The number of sulfone groups is 1. The van der Waals surface area contributed by atoms with Crippen molar-refractivity contribution in [3.8, 4) is 5.75 Å². The fourth-order valence-electron chi connectivity index (χ4n) is 2.24. The van der Waals surface area contributed by atoms with Gasteiger partial charge >= 0.3 is 0 Å². The summed E-state index contributed by atoms with van der Waals surface area (Å²) in [6.07, 6.45) is 4.26. The third-order valence-electron chi connectivity index (χ3n) is 3.52. The van der Waals surface area contributed by atoms with Crippen LogP contribution in [0, 0.1) is 5.82 Å². The fourth-order valence-corrected chi connectivity index (χ4v) is 3.07. The smallest absolute Gasteiger partial charge is 0.289 e. The Morgan fingerprint density at radius 2 is 1.93 bits per heavy atom. The van der Waals surface area contributed by atoms with Crippen molar-refractivity contribution in [1.82, 2.24) is 15.3 Å². The largest absolute Gasteiger partial charge is 0.483 e. The van der Waals surface area contributed by atoms with Crippen LogP contribution >= 0.6 is 11.6 Å². The monoisotopic (exact) mass is 427 g/mol. The molecule has 0 aliphatic heterocycles. The molecule has 150 valence electrons. The van der Waals surface area contributed by atoms with E-state index in [4.69, 9.17) is 16.3 Å². The van der Waals surface area contributed by atoms with Gasteiger partial charge in [0.25, 0.3) is 5.91 Å². The van der Waals surface area contributed by atoms with Gasteiger partial charge in [-0.25, -0.2) is 22.8 Å². The number of hydrogen-bond acceptors (Lipinski definition) is 6. The van der Waals surface area contributed by atoms with Gasteiger partial charge in [-0.15, -0.1) is 0 Å². The molecule has 1 amide bonds. The predicted molar refractivity (Wildman–Crippen MR) is 103 cm³/mol. The Balaban J connectivity index is 2.03. The first kappa shape index (κ1) is 21.8. The molecule has 0 saturated carbocycles. The first-order valence-corrected chi connectivity index (χ1v) is 10.5. The number of carbonyl (C=O) groups is 1. The van der Waals surface area contributed by atoms with Crippen LogP contribution in [0.15, 0.2) is 42.1 Å². The summed E-state index contributed by atoms with van der Waals surface area (Å²) in [6, 6.07) is 3.80. The molecule has 0 spiro atoms. The van der Waals surface area contributed by atoms with Crippen LogP contribution in [0.4, 0.5) is 4.39 Å². The number of carbonyl (C=O) groups excluding carboxylic acids is 1. The Labute approximate surface area is 167 Å². The molecule has 1 aromatic heterocycles. The molecule has 2 atom stereocenters. The zero-order valence-electron chi connectivity index (χ0n) is 15.4. The van der Waals surface area contributed by atoms with E-state index in [9.17, 15) is 17.6 Å². The zero-order valence-corrected chi connectivity index (χ0v) is 17.0. The van der Waals surface area contributed by atoms with Crippen LogP contribution in [-0.4, -0.2) is 36.6 Å². The number of aromatic nitrogens is 2. The average Bonchev–Trinajstić information content (AvgIpc) is 2.60. The van der Waals surface area contributed by atoms with Crippen molar-refractivity contribution in [3.05, 3.63) is 64.3 Å². The number of benzene rings is 1. The topological polar surface area (TPSA) is 98.2 Å². The summed E-state index contributed by atoms with van der Waals surface area (Å²) in [4.78, 5) is 19.9. The molecule has 2 aromatic rings. The molecule has 0 aliphatic rings. The average molecular weight is 428 g/mol. The van der Waals surface area contributed by atoms with Gasteiger partial charge in [-0.2, -0.15) is 0 Å². The Hall–Kier alpha value is -2.52. The lowest BCUT2D eigenvalue weighted by atomic mass is 10.1. The third-order valence-corrected chi connectivity index (χ3v) is 4.50. The summed E-state index contributed by atoms with van der Waals surface area (Å²) in [5.74, 6) is -0.965. The standard InChI is InChI=1S/C18H19ClFN3O4S/c1-11(7-8-28(3,25)26)23-18(24)17-21-9-13(10-22-17)27-12(2)16-14(19)5-4-6-15(16)20/h4-12H,1-3H3,(H,23,24)/b8-7+/t11-,12+/m1/s1. The summed E-state index contributed by atoms with van der Waals surface area (Å²) in [5.41, 5.74) is 0.206. The van der Waals surface area contributed by atoms with Crippen molar-refractivity contribution in [2.75, 3.05) is 6.26 Å². The lowest BCUT2D eigenvalue weighted by Gasteiger charge is -2.16.